The van der Waals surface area contributed by atoms with Crippen LogP contribution in [-0.2, 0) is 17.6 Å². The molecule has 144 valence electrons. The second-order valence-corrected chi connectivity index (χ2v) is 9.24. The Bertz CT molecular complexity index is 618. The summed E-state index contributed by atoms with van der Waals surface area (Å²) >= 11 is 1.67. The average Bonchev–Trinajstić information content (AvgIpc) is 3.16. The van der Waals surface area contributed by atoms with E-state index in [1.807, 2.05) is 4.90 Å². The van der Waals surface area contributed by atoms with Crippen LogP contribution in [0.5, 0.6) is 0 Å². The Balaban J connectivity index is 1.47. The lowest BCUT2D eigenvalue weighted by molar-refractivity contribution is -0.0524. The number of likely N-dealkylation sites (tertiary alicyclic amines) is 1. The molecule has 1 N–H and O–H groups in total. The maximum atomic E-state index is 13.1. The van der Waals surface area contributed by atoms with Gasteiger partial charge in [-0.15, -0.1) is 11.3 Å². The molecule has 1 atom stereocenters. The molecule has 4 rings (SSSR count). The molecule has 1 aromatic rings. The minimum absolute atomic E-state index is 0.0634. The van der Waals surface area contributed by atoms with Crippen molar-refractivity contribution in [3.63, 3.8) is 0 Å². The third-order valence-corrected chi connectivity index (χ3v) is 7.05. The molecule has 0 spiro atoms. The molecule has 6 heteroatoms. The van der Waals surface area contributed by atoms with Gasteiger partial charge in [-0.05, 0) is 63.2 Å². The topological polar surface area (TPSA) is 53.0 Å². The molecular formula is C20H30N2O3S. The second-order valence-electron chi connectivity index (χ2n) is 8.11. The first-order valence-corrected chi connectivity index (χ1v) is 10.9. The summed E-state index contributed by atoms with van der Waals surface area (Å²) in [6, 6.07) is 2.11. The highest BCUT2D eigenvalue weighted by Crippen LogP contribution is 2.30. The van der Waals surface area contributed by atoms with Crippen molar-refractivity contribution in [3.8, 4) is 0 Å². The van der Waals surface area contributed by atoms with E-state index < -0.39 is 5.60 Å². The van der Waals surface area contributed by atoms with E-state index in [0.717, 1.165) is 30.8 Å². The summed E-state index contributed by atoms with van der Waals surface area (Å²) < 4.78 is 5.67. The van der Waals surface area contributed by atoms with Gasteiger partial charge in [-0.25, -0.2) is 0 Å². The molecule has 0 aromatic carbocycles. The van der Waals surface area contributed by atoms with E-state index in [9.17, 15) is 9.90 Å². The van der Waals surface area contributed by atoms with Crippen LogP contribution < -0.4 is 0 Å². The van der Waals surface area contributed by atoms with Crippen LogP contribution in [0.3, 0.4) is 0 Å². The van der Waals surface area contributed by atoms with Gasteiger partial charge in [0.05, 0.1) is 24.6 Å². The number of fused-ring (bicyclic) bond motifs is 1. The molecule has 2 saturated heterocycles. The number of rotatable bonds is 3. The van der Waals surface area contributed by atoms with E-state index in [0.29, 0.717) is 32.8 Å². The fourth-order valence-corrected chi connectivity index (χ4v) is 5.69. The van der Waals surface area contributed by atoms with Crippen molar-refractivity contribution < 1.29 is 14.6 Å². The minimum Gasteiger partial charge on any atom is -0.384 e. The first-order chi connectivity index (χ1) is 12.6. The summed E-state index contributed by atoms with van der Waals surface area (Å²) in [5.74, 6) is 0.0634. The second kappa shape index (κ2) is 7.97. The monoisotopic (exact) mass is 378 g/mol. The third kappa shape index (κ3) is 4.14. The predicted octanol–water partition coefficient (Wildman–Crippen LogP) is 2.32. The number of aliphatic hydroxyl groups is 1. The van der Waals surface area contributed by atoms with Crippen LogP contribution in [0.1, 0.15) is 52.2 Å². The van der Waals surface area contributed by atoms with E-state index in [1.54, 1.807) is 11.3 Å². The molecule has 26 heavy (non-hydrogen) atoms. The summed E-state index contributed by atoms with van der Waals surface area (Å²) in [6.45, 7) is 4.40. The van der Waals surface area contributed by atoms with Gasteiger partial charge in [0.25, 0.3) is 5.91 Å². The van der Waals surface area contributed by atoms with Gasteiger partial charge >= 0.3 is 0 Å². The van der Waals surface area contributed by atoms with E-state index in [1.165, 1.54) is 42.5 Å². The summed E-state index contributed by atoms with van der Waals surface area (Å²) in [7, 11) is 0. The Labute approximate surface area is 159 Å². The van der Waals surface area contributed by atoms with Gasteiger partial charge < -0.3 is 19.6 Å². The quantitative estimate of drug-likeness (QED) is 0.820. The number of nitrogens with zero attached hydrogens (tertiary/aromatic N) is 2. The zero-order chi connectivity index (χ0) is 18.0. The number of thiophene rings is 1. The SMILES string of the molecule is O=C(c1cc2c(s1)CCCCC2)N1CCOC[C@](O)(CN2CCCC2)C1. The molecule has 0 saturated carbocycles. The van der Waals surface area contributed by atoms with Gasteiger partial charge in [0.2, 0.25) is 0 Å². The molecule has 2 fully saturated rings. The molecule has 0 radical (unpaired) electrons. The van der Waals surface area contributed by atoms with Gasteiger partial charge in [0.1, 0.15) is 5.60 Å². The number of aryl methyl sites for hydroxylation is 2. The smallest absolute Gasteiger partial charge is 0.264 e. The van der Waals surface area contributed by atoms with Crippen molar-refractivity contribution in [2.45, 2.75) is 50.5 Å². The lowest BCUT2D eigenvalue weighted by Crippen LogP contribution is -2.52. The number of hydrogen-bond donors (Lipinski definition) is 1. The van der Waals surface area contributed by atoms with Crippen LogP contribution in [0.15, 0.2) is 6.07 Å². The van der Waals surface area contributed by atoms with E-state index in [2.05, 4.69) is 11.0 Å². The Kier molecular flexibility index (Phi) is 5.64. The standard InChI is InChI=1S/C20H30N2O3S/c23-19(18-12-16-6-2-1-3-7-17(16)26-18)22-10-11-25-15-20(24,14-22)13-21-8-4-5-9-21/h12,24H,1-11,13-15H2/t20-/m0/s1. The van der Waals surface area contributed by atoms with Gasteiger partial charge in [0.15, 0.2) is 0 Å². The Morgan fingerprint density at radius 3 is 2.81 bits per heavy atom. The summed E-state index contributed by atoms with van der Waals surface area (Å²) in [6.07, 6.45) is 8.34. The van der Waals surface area contributed by atoms with Crippen LogP contribution in [0.4, 0.5) is 0 Å². The minimum atomic E-state index is -0.967. The third-order valence-electron chi connectivity index (χ3n) is 5.82. The summed E-state index contributed by atoms with van der Waals surface area (Å²) in [4.78, 5) is 19.5. The van der Waals surface area contributed by atoms with Crippen molar-refractivity contribution in [1.29, 1.82) is 0 Å². The van der Waals surface area contributed by atoms with Crippen molar-refractivity contribution in [3.05, 3.63) is 21.4 Å². The molecule has 0 unspecified atom stereocenters. The lowest BCUT2D eigenvalue weighted by atomic mass is 10.0. The van der Waals surface area contributed by atoms with Gasteiger partial charge in [-0.1, -0.05) is 6.42 Å². The number of hydrogen-bond acceptors (Lipinski definition) is 5. The van der Waals surface area contributed by atoms with Crippen molar-refractivity contribution in [1.82, 2.24) is 9.80 Å². The van der Waals surface area contributed by atoms with E-state index >= 15 is 0 Å². The molecular weight excluding hydrogens is 348 g/mol. The molecule has 5 nitrogen and oxygen atoms in total. The number of amides is 1. The molecule has 1 amide bonds. The van der Waals surface area contributed by atoms with Crippen LogP contribution in [-0.4, -0.2) is 72.4 Å². The highest BCUT2D eigenvalue weighted by Gasteiger charge is 2.37. The molecule has 2 aliphatic heterocycles. The van der Waals surface area contributed by atoms with E-state index in [4.69, 9.17) is 4.74 Å². The van der Waals surface area contributed by atoms with Crippen molar-refractivity contribution in [2.24, 2.45) is 0 Å². The maximum Gasteiger partial charge on any atom is 0.264 e. The first-order valence-electron chi connectivity index (χ1n) is 10.1. The molecule has 0 bridgehead atoms. The highest BCUT2D eigenvalue weighted by molar-refractivity contribution is 7.14. The highest BCUT2D eigenvalue weighted by atomic mass is 32.1. The van der Waals surface area contributed by atoms with Crippen LogP contribution >= 0.6 is 11.3 Å². The molecule has 1 aliphatic carbocycles. The number of carbonyl (C=O) groups excluding carboxylic acids is 1. The number of carbonyl (C=O) groups is 1. The Morgan fingerprint density at radius 1 is 1.15 bits per heavy atom. The molecule has 1 aromatic heterocycles. The molecule has 3 aliphatic rings. The Hall–Kier alpha value is -0.950. The number of ether oxygens (including phenoxy) is 1. The fraction of sp³-hybridized carbons (Fsp3) is 0.750. The van der Waals surface area contributed by atoms with Gasteiger partial charge in [0, 0.05) is 18.0 Å². The largest absolute Gasteiger partial charge is 0.384 e. The zero-order valence-electron chi connectivity index (χ0n) is 15.5. The average molecular weight is 379 g/mol. The first kappa shape index (κ1) is 18.4. The maximum absolute atomic E-state index is 13.1. The Morgan fingerprint density at radius 2 is 1.96 bits per heavy atom. The predicted molar refractivity (Wildman–Crippen MR) is 103 cm³/mol. The number of β-amino-alcohol motifs (C(OH)–C–C–N with tert-alkyl or cyclic N) is 1. The van der Waals surface area contributed by atoms with Crippen LogP contribution in [0.2, 0.25) is 0 Å². The summed E-state index contributed by atoms with van der Waals surface area (Å²) in [5.41, 5.74) is 0.402. The van der Waals surface area contributed by atoms with Gasteiger partial charge in [-0.2, -0.15) is 0 Å². The van der Waals surface area contributed by atoms with E-state index in [-0.39, 0.29) is 5.91 Å². The normalized spacial score (nSPS) is 27.8. The van der Waals surface area contributed by atoms with Crippen molar-refractivity contribution >= 4 is 17.2 Å². The molecule has 3 heterocycles. The zero-order valence-corrected chi connectivity index (χ0v) is 16.4. The fourth-order valence-electron chi connectivity index (χ4n) is 4.47. The summed E-state index contributed by atoms with van der Waals surface area (Å²) in [5, 5.41) is 11.1. The van der Waals surface area contributed by atoms with Gasteiger partial charge in [-0.3, -0.25) is 4.79 Å². The van der Waals surface area contributed by atoms with Crippen molar-refractivity contribution in [2.75, 3.05) is 45.9 Å². The lowest BCUT2D eigenvalue weighted by Gasteiger charge is -2.33. The van der Waals surface area contributed by atoms with Crippen LogP contribution in [0.25, 0.3) is 0 Å². The van der Waals surface area contributed by atoms with Crippen LogP contribution in [0, 0.1) is 0 Å².